The van der Waals surface area contributed by atoms with Crippen molar-refractivity contribution in [3.63, 3.8) is 0 Å². The van der Waals surface area contributed by atoms with E-state index in [1.54, 1.807) is 0 Å². The van der Waals surface area contributed by atoms with Gasteiger partial charge in [-0.05, 0) is 32.1 Å². The number of ether oxygens (including phenoxy) is 3. The van der Waals surface area contributed by atoms with Crippen molar-refractivity contribution in [2.24, 2.45) is 28.7 Å². The van der Waals surface area contributed by atoms with Crippen LogP contribution in [0.1, 0.15) is 46.5 Å². The molecule has 0 radical (unpaired) electrons. The van der Waals surface area contributed by atoms with Crippen LogP contribution in [-0.4, -0.2) is 81.3 Å². The van der Waals surface area contributed by atoms with Gasteiger partial charge in [-0.25, -0.2) is 14.8 Å². The first-order chi connectivity index (χ1) is 14.7. The van der Waals surface area contributed by atoms with Crippen molar-refractivity contribution < 1.29 is 44.4 Å². The fourth-order valence-corrected chi connectivity index (χ4v) is 6.29. The highest BCUT2D eigenvalue weighted by atomic mass is 17.3. The lowest BCUT2D eigenvalue weighted by Crippen LogP contribution is -2.70. The zero-order valence-electron chi connectivity index (χ0n) is 18.1. The van der Waals surface area contributed by atoms with E-state index in [0.29, 0.717) is 18.2 Å². The van der Waals surface area contributed by atoms with E-state index in [-0.39, 0.29) is 17.8 Å². The molecule has 1 spiro atoms. The Bertz CT molecular complexity index is 736. The van der Waals surface area contributed by atoms with Gasteiger partial charge in [0.1, 0.15) is 24.4 Å². The lowest BCUT2D eigenvalue weighted by Gasteiger charge is -2.58. The normalized spacial score (nSPS) is 57.8. The number of rotatable bonds is 2. The molecule has 10 nitrogen and oxygen atoms in total. The van der Waals surface area contributed by atoms with Crippen LogP contribution in [0, 0.1) is 23.7 Å². The Labute approximate surface area is 181 Å². The first kappa shape index (κ1) is 22.0. The molecule has 176 valence electrons. The second-order valence-electron chi connectivity index (χ2n) is 10.0. The molecule has 4 N–H and O–H groups in total. The Morgan fingerprint density at radius 2 is 1.81 bits per heavy atom. The molecule has 5 aliphatic heterocycles. The summed E-state index contributed by atoms with van der Waals surface area (Å²) >= 11 is 0. The molecule has 1 aliphatic carbocycles. The van der Waals surface area contributed by atoms with E-state index < -0.39 is 54.9 Å². The maximum absolute atomic E-state index is 10.5. The Morgan fingerprint density at radius 1 is 1.03 bits per heavy atom. The maximum atomic E-state index is 10.5. The molecule has 10 heteroatoms. The Balaban J connectivity index is 1.49. The average molecular weight is 443 g/mol. The molecule has 11 unspecified atom stereocenters. The molecule has 12 atom stereocenters. The van der Waals surface area contributed by atoms with Crippen LogP contribution >= 0.6 is 0 Å². The van der Waals surface area contributed by atoms with Crippen molar-refractivity contribution in [3.8, 4) is 0 Å². The van der Waals surface area contributed by atoms with E-state index in [0.717, 1.165) is 19.3 Å². The molecular formula is C21H33NO9. The van der Waals surface area contributed by atoms with Gasteiger partial charge in [0.2, 0.25) is 12.1 Å². The molecule has 6 rings (SSSR count). The summed E-state index contributed by atoms with van der Waals surface area (Å²) in [6.07, 6.45) is -2.57. The van der Waals surface area contributed by atoms with Gasteiger partial charge < -0.3 is 34.6 Å². The highest BCUT2D eigenvalue weighted by Gasteiger charge is 2.69. The quantitative estimate of drug-likeness (QED) is 0.437. The first-order valence-electron chi connectivity index (χ1n) is 11.3. The summed E-state index contributed by atoms with van der Waals surface area (Å²) in [5.74, 6) is -0.112. The number of hydrogen-bond acceptors (Lipinski definition) is 10. The third-order valence-electron chi connectivity index (χ3n) is 8.14. The summed E-state index contributed by atoms with van der Waals surface area (Å²) in [7, 11) is 0. The van der Waals surface area contributed by atoms with Crippen LogP contribution < -0.4 is 0 Å². The van der Waals surface area contributed by atoms with Gasteiger partial charge >= 0.3 is 0 Å². The highest BCUT2D eigenvalue weighted by Crippen LogP contribution is 2.59. The zero-order chi connectivity index (χ0) is 22.1. The molecule has 0 aromatic heterocycles. The van der Waals surface area contributed by atoms with E-state index in [4.69, 9.17) is 24.0 Å². The third-order valence-corrected chi connectivity index (χ3v) is 8.14. The van der Waals surface area contributed by atoms with Gasteiger partial charge in [0.05, 0.1) is 6.61 Å². The molecule has 2 bridgehead atoms. The van der Waals surface area contributed by atoms with Crippen molar-refractivity contribution in [2.75, 3.05) is 6.61 Å². The summed E-state index contributed by atoms with van der Waals surface area (Å²) in [5, 5.41) is 40.4. The summed E-state index contributed by atoms with van der Waals surface area (Å²) < 4.78 is 17.8. The van der Waals surface area contributed by atoms with Crippen LogP contribution in [0.3, 0.4) is 0 Å². The number of hydrogen-bond donors (Lipinski definition) is 4. The van der Waals surface area contributed by atoms with Crippen LogP contribution in [0.2, 0.25) is 0 Å². The second-order valence-corrected chi connectivity index (χ2v) is 10.0. The average Bonchev–Trinajstić information content (AvgIpc) is 2.97. The van der Waals surface area contributed by atoms with Gasteiger partial charge in [0, 0.05) is 24.2 Å². The van der Waals surface area contributed by atoms with Gasteiger partial charge in [-0.1, -0.05) is 13.8 Å². The number of fused-ring (bicyclic) bond motifs is 2. The van der Waals surface area contributed by atoms with Crippen molar-refractivity contribution in [3.05, 3.63) is 0 Å². The predicted molar refractivity (Wildman–Crippen MR) is 104 cm³/mol. The second kappa shape index (κ2) is 7.59. The van der Waals surface area contributed by atoms with Gasteiger partial charge in [0.15, 0.2) is 17.8 Å². The van der Waals surface area contributed by atoms with Crippen LogP contribution in [-0.2, 0) is 24.0 Å². The minimum absolute atomic E-state index is 0.0164. The van der Waals surface area contributed by atoms with E-state index in [9.17, 15) is 20.4 Å². The number of nitrogens with zero attached hydrogens (tertiary/aromatic N) is 1. The molecular weight excluding hydrogens is 410 g/mol. The molecule has 6 fully saturated rings. The van der Waals surface area contributed by atoms with Gasteiger partial charge in [-0.3, -0.25) is 0 Å². The van der Waals surface area contributed by atoms with Crippen molar-refractivity contribution in [2.45, 2.75) is 94.8 Å². The smallest absolute Gasteiger partial charge is 0.237 e. The number of aliphatic hydroxyl groups excluding tert-OH is 4. The molecule has 0 aromatic carbocycles. The van der Waals surface area contributed by atoms with Crippen LogP contribution in [0.4, 0.5) is 0 Å². The molecule has 0 amide bonds. The minimum atomic E-state index is -1.49. The zero-order valence-corrected chi connectivity index (χ0v) is 18.1. The van der Waals surface area contributed by atoms with Crippen molar-refractivity contribution in [1.82, 2.24) is 0 Å². The molecule has 31 heavy (non-hydrogen) atoms. The minimum Gasteiger partial charge on any atom is -0.448 e. The summed E-state index contributed by atoms with van der Waals surface area (Å²) in [6, 6.07) is -1.15. The van der Waals surface area contributed by atoms with Crippen LogP contribution in [0.25, 0.3) is 0 Å². The Hall–Kier alpha value is -0.850. The van der Waals surface area contributed by atoms with E-state index in [1.165, 1.54) is 0 Å². The third kappa shape index (κ3) is 3.18. The topological polar surface area (TPSA) is 139 Å². The summed E-state index contributed by atoms with van der Waals surface area (Å²) in [6.45, 7) is 5.53. The molecule has 6 aliphatic rings. The molecule has 1 saturated carbocycles. The molecule has 5 saturated heterocycles. The largest absolute Gasteiger partial charge is 0.448 e. The highest BCUT2D eigenvalue weighted by molar-refractivity contribution is 5.80. The van der Waals surface area contributed by atoms with Crippen molar-refractivity contribution in [1.29, 1.82) is 0 Å². The Kier molecular flexibility index (Phi) is 5.38. The monoisotopic (exact) mass is 443 g/mol. The lowest BCUT2D eigenvalue weighted by molar-refractivity contribution is -0.557. The standard InChI is InChI=1S/C21H33NO9/c1-9-4-5-12-10(2)17(22-14-16(25)15(24)13(8-23)27-18(14)26)28-19-21(12)11(9)6-7-20(3,29-19)30-31-21/h9-16,18-19,23-26H,4-8H2,1-3H3/t9-,10?,11?,12?,13?,14?,15?,16?,18?,19?,20?,21?/m1/s1. The predicted octanol–water partition coefficient (Wildman–Crippen LogP) is 0.0667. The summed E-state index contributed by atoms with van der Waals surface area (Å²) in [4.78, 5) is 16.4. The van der Waals surface area contributed by atoms with Crippen LogP contribution in [0.15, 0.2) is 4.99 Å². The van der Waals surface area contributed by atoms with Crippen molar-refractivity contribution >= 4 is 5.90 Å². The van der Waals surface area contributed by atoms with Gasteiger partial charge in [0.25, 0.3) is 0 Å². The fourth-order valence-electron chi connectivity index (χ4n) is 6.29. The van der Waals surface area contributed by atoms with Gasteiger partial charge in [-0.2, -0.15) is 0 Å². The van der Waals surface area contributed by atoms with E-state index in [1.807, 2.05) is 13.8 Å². The SMILES string of the molecule is CC1C(=NC2C(O)OC(CO)C(O)C2O)OC2OC3(C)CCC4[C@H](C)CCC1C24OO3. The summed E-state index contributed by atoms with van der Waals surface area (Å²) in [5.41, 5.74) is -0.742. The number of aliphatic hydroxyl groups is 4. The van der Waals surface area contributed by atoms with Crippen LogP contribution in [0.5, 0.6) is 0 Å². The fraction of sp³-hybridized carbons (Fsp3) is 0.952. The first-order valence-corrected chi connectivity index (χ1v) is 11.3. The molecule has 0 aromatic rings. The maximum Gasteiger partial charge on any atom is 0.237 e. The lowest BCUT2D eigenvalue weighted by atomic mass is 9.58. The van der Waals surface area contributed by atoms with Gasteiger partial charge in [-0.15, -0.1) is 0 Å². The van der Waals surface area contributed by atoms with E-state index in [2.05, 4.69) is 11.9 Å². The molecule has 5 heterocycles. The van der Waals surface area contributed by atoms with E-state index >= 15 is 0 Å². The number of aliphatic imine (C=N–C) groups is 1. The Morgan fingerprint density at radius 3 is 2.55 bits per heavy atom.